The first-order valence-electron chi connectivity index (χ1n) is 3.93. The molecule has 0 aliphatic rings. The third kappa shape index (κ3) is 4.62. The Morgan fingerprint density at radius 3 is 2.50 bits per heavy atom. The SMILES string of the molecule is COCCSC(C(=O)O)C(C)C. The largest absolute Gasteiger partial charge is 0.480 e. The van der Waals surface area contributed by atoms with Crippen molar-refractivity contribution >= 4 is 17.7 Å². The van der Waals surface area contributed by atoms with Crippen molar-refractivity contribution in [1.29, 1.82) is 0 Å². The van der Waals surface area contributed by atoms with Crippen LogP contribution in [-0.2, 0) is 9.53 Å². The van der Waals surface area contributed by atoms with Gasteiger partial charge in [-0.2, -0.15) is 0 Å². The minimum atomic E-state index is -0.730. The Hall–Kier alpha value is -0.220. The van der Waals surface area contributed by atoms with Crippen LogP contribution in [0.15, 0.2) is 0 Å². The van der Waals surface area contributed by atoms with E-state index in [1.54, 1.807) is 7.11 Å². The van der Waals surface area contributed by atoms with Gasteiger partial charge in [0.2, 0.25) is 0 Å². The van der Waals surface area contributed by atoms with Gasteiger partial charge >= 0.3 is 5.97 Å². The van der Waals surface area contributed by atoms with E-state index in [9.17, 15) is 4.79 Å². The molecule has 1 unspecified atom stereocenters. The summed E-state index contributed by atoms with van der Waals surface area (Å²) in [6.07, 6.45) is 0. The van der Waals surface area contributed by atoms with Crippen molar-refractivity contribution in [3.63, 3.8) is 0 Å². The number of carbonyl (C=O) groups is 1. The molecule has 1 N–H and O–H groups in total. The second kappa shape index (κ2) is 6.31. The first-order valence-corrected chi connectivity index (χ1v) is 4.97. The van der Waals surface area contributed by atoms with Crippen LogP contribution in [0.5, 0.6) is 0 Å². The molecule has 0 radical (unpaired) electrons. The van der Waals surface area contributed by atoms with Gasteiger partial charge in [-0.05, 0) is 5.92 Å². The van der Waals surface area contributed by atoms with Crippen LogP contribution in [0, 0.1) is 5.92 Å². The summed E-state index contributed by atoms with van der Waals surface area (Å²) in [6.45, 7) is 4.44. The molecule has 0 spiro atoms. The lowest BCUT2D eigenvalue weighted by molar-refractivity contribution is -0.137. The second-order valence-electron chi connectivity index (χ2n) is 2.87. The van der Waals surface area contributed by atoms with Gasteiger partial charge in [-0.1, -0.05) is 13.8 Å². The number of methoxy groups -OCH3 is 1. The van der Waals surface area contributed by atoms with Gasteiger partial charge in [-0.15, -0.1) is 11.8 Å². The molecule has 0 amide bonds. The fraction of sp³-hybridized carbons (Fsp3) is 0.875. The minimum absolute atomic E-state index is 0.171. The molecule has 12 heavy (non-hydrogen) atoms. The van der Waals surface area contributed by atoms with Gasteiger partial charge in [-0.3, -0.25) is 4.79 Å². The summed E-state index contributed by atoms with van der Waals surface area (Å²) < 4.78 is 4.84. The molecule has 0 aliphatic heterocycles. The van der Waals surface area contributed by atoms with Crippen LogP contribution < -0.4 is 0 Å². The van der Waals surface area contributed by atoms with Crippen molar-refractivity contribution in [2.45, 2.75) is 19.1 Å². The Bertz CT molecular complexity index is 136. The van der Waals surface area contributed by atoms with Crippen molar-refractivity contribution < 1.29 is 14.6 Å². The molecule has 0 rings (SSSR count). The number of carboxylic acids is 1. The summed E-state index contributed by atoms with van der Waals surface area (Å²) in [4.78, 5) is 10.7. The Kier molecular flexibility index (Phi) is 6.20. The lowest BCUT2D eigenvalue weighted by Crippen LogP contribution is -2.23. The fourth-order valence-corrected chi connectivity index (χ4v) is 1.85. The number of hydrogen-bond acceptors (Lipinski definition) is 3. The van der Waals surface area contributed by atoms with E-state index >= 15 is 0 Å². The third-order valence-corrected chi connectivity index (χ3v) is 2.94. The van der Waals surface area contributed by atoms with Gasteiger partial charge in [0, 0.05) is 12.9 Å². The van der Waals surface area contributed by atoms with E-state index in [1.807, 2.05) is 13.8 Å². The molecule has 4 heteroatoms. The Morgan fingerprint density at radius 2 is 2.17 bits per heavy atom. The van der Waals surface area contributed by atoms with Gasteiger partial charge in [0.05, 0.1) is 6.61 Å². The molecule has 0 saturated heterocycles. The van der Waals surface area contributed by atoms with Crippen LogP contribution in [-0.4, -0.2) is 35.8 Å². The topological polar surface area (TPSA) is 46.5 Å². The molecular formula is C8H16O3S. The highest BCUT2D eigenvalue weighted by molar-refractivity contribution is 8.00. The van der Waals surface area contributed by atoms with E-state index in [0.29, 0.717) is 6.61 Å². The van der Waals surface area contributed by atoms with Gasteiger partial charge in [0.1, 0.15) is 5.25 Å². The van der Waals surface area contributed by atoms with E-state index in [0.717, 1.165) is 5.75 Å². The summed E-state index contributed by atoms with van der Waals surface area (Å²) in [5, 5.41) is 8.48. The summed E-state index contributed by atoms with van der Waals surface area (Å²) >= 11 is 1.44. The van der Waals surface area contributed by atoms with Crippen LogP contribution in [0.1, 0.15) is 13.8 Å². The van der Waals surface area contributed by atoms with E-state index in [1.165, 1.54) is 11.8 Å². The van der Waals surface area contributed by atoms with Crippen molar-refractivity contribution in [2.24, 2.45) is 5.92 Å². The monoisotopic (exact) mass is 192 g/mol. The summed E-state index contributed by atoms with van der Waals surface area (Å²) in [5.41, 5.74) is 0. The highest BCUT2D eigenvalue weighted by Crippen LogP contribution is 2.19. The van der Waals surface area contributed by atoms with Crippen LogP contribution >= 0.6 is 11.8 Å². The number of rotatable bonds is 6. The van der Waals surface area contributed by atoms with Crippen LogP contribution in [0.2, 0.25) is 0 Å². The normalized spacial score (nSPS) is 13.3. The number of hydrogen-bond donors (Lipinski definition) is 1. The Balaban J connectivity index is 3.72. The van der Waals surface area contributed by atoms with Gasteiger partial charge < -0.3 is 9.84 Å². The predicted molar refractivity (Wildman–Crippen MR) is 50.6 cm³/mol. The van der Waals surface area contributed by atoms with E-state index in [-0.39, 0.29) is 11.2 Å². The summed E-state index contributed by atoms with van der Waals surface area (Å²) in [5.74, 6) is 0.182. The van der Waals surface area contributed by atoms with Crippen LogP contribution in [0.4, 0.5) is 0 Å². The van der Waals surface area contributed by atoms with E-state index < -0.39 is 5.97 Å². The molecular weight excluding hydrogens is 176 g/mol. The van der Waals surface area contributed by atoms with Crippen LogP contribution in [0.3, 0.4) is 0 Å². The Morgan fingerprint density at radius 1 is 1.58 bits per heavy atom. The molecule has 1 atom stereocenters. The molecule has 0 aromatic carbocycles. The maximum Gasteiger partial charge on any atom is 0.316 e. The fourth-order valence-electron chi connectivity index (χ4n) is 0.807. The Labute approximate surface area is 77.5 Å². The van der Waals surface area contributed by atoms with Crippen molar-refractivity contribution in [2.75, 3.05) is 19.5 Å². The molecule has 0 saturated carbocycles. The van der Waals surface area contributed by atoms with Crippen molar-refractivity contribution in [3.05, 3.63) is 0 Å². The van der Waals surface area contributed by atoms with E-state index in [2.05, 4.69) is 0 Å². The third-order valence-electron chi connectivity index (χ3n) is 1.43. The minimum Gasteiger partial charge on any atom is -0.480 e. The molecule has 0 fully saturated rings. The summed E-state index contributed by atoms with van der Waals surface area (Å²) in [7, 11) is 1.62. The molecule has 0 heterocycles. The quantitative estimate of drug-likeness (QED) is 0.647. The first-order chi connectivity index (χ1) is 5.59. The second-order valence-corrected chi connectivity index (χ2v) is 4.12. The summed E-state index contributed by atoms with van der Waals surface area (Å²) in [6, 6.07) is 0. The number of ether oxygens (including phenoxy) is 1. The lowest BCUT2D eigenvalue weighted by Gasteiger charge is -2.14. The maximum absolute atomic E-state index is 10.7. The highest BCUT2D eigenvalue weighted by Gasteiger charge is 2.21. The molecule has 0 aromatic heterocycles. The smallest absolute Gasteiger partial charge is 0.316 e. The average Bonchev–Trinajstić information content (AvgIpc) is 1.96. The molecule has 72 valence electrons. The highest BCUT2D eigenvalue weighted by atomic mass is 32.2. The molecule has 0 aromatic rings. The molecule has 0 aliphatic carbocycles. The number of carboxylic acid groups (broad SMARTS) is 1. The first kappa shape index (κ1) is 11.8. The number of aliphatic carboxylic acids is 1. The average molecular weight is 192 g/mol. The zero-order valence-corrected chi connectivity index (χ0v) is 8.56. The molecule has 0 bridgehead atoms. The molecule has 3 nitrogen and oxygen atoms in total. The van der Waals surface area contributed by atoms with Gasteiger partial charge in [0.15, 0.2) is 0 Å². The lowest BCUT2D eigenvalue weighted by atomic mass is 10.1. The number of thioether (sulfide) groups is 1. The van der Waals surface area contributed by atoms with Crippen LogP contribution in [0.25, 0.3) is 0 Å². The standard InChI is InChI=1S/C8H16O3S/c1-6(2)7(8(9)10)12-5-4-11-3/h6-7H,4-5H2,1-3H3,(H,9,10). The zero-order valence-electron chi connectivity index (χ0n) is 7.74. The zero-order chi connectivity index (χ0) is 9.56. The predicted octanol–water partition coefficient (Wildman–Crippen LogP) is 1.48. The van der Waals surface area contributed by atoms with Gasteiger partial charge in [0.25, 0.3) is 0 Å². The van der Waals surface area contributed by atoms with Crippen molar-refractivity contribution in [3.8, 4) is 0 Å². The van der Waals surface area contributed by atoms with Crippen molar-refractivity contribution in [1.82, 2.24) is 0 Å². The maximum atomic E-state index is 10.7. The van der Waals surface area contributed by atoms with Gasteiger partial charge in [-0.25, -0.2) is 0 Å². The van der Waals surface area contributed by atoms with E-state index in [4.69, 9.17) is 9.84 Å².